The largest absolute Gasteiger partial charge is 0.311 e. The third-order valence-corrected chi connectivity index (χ3v) is 6.68. The van der Waals surface area contributed by atoms with Crippen LogP contribution >= 0.6 is 0 Å². The third kappa shape index (κ3) is 5.52. The summed E-state index contributed by atoms with van der Waals surface area (Å²) in [5, 5.41) is 3.93. The van der Waals surface area contributed by atoms with Crippen molar-refractivity contribution in [3.05, 3.63) is 107 Å². The molecule has 5 rings (SSSR count). The summed E-state index contributed by atoms with van der Waals surface area (Å²) < 4.78 is 0. The lowest BCUT2D eigenvalue weighted by Gasteiger charge is -2.32. The summed E-state index contributed by atoms with van der Waals surface area (Å²) in [5.74, 6) is 0.728. The van der Waals surface area contributed by atoms with E-state index < -0.39 is 0 Å². The van der Waals surface area contributed by atoms with Crippen molar-refractivity contribution in [2.75, 3.05) is 13.1 Å². The Hall–Kier alpha value is -2.68. The van der Waals surface area contributed by atoms with Crippen molar-refractivity contribution >= 4 is 12.2 Å². The summed E-state index contributed by atoms with van der Waals surface area (Å²) in [6, 6.07) is 31.8. The average molecular weight is 409 g/mol. The van der Waals surface area contributed by atoms with E-state index in [4.69, 9.17) is 0 Å². The summed E-state index contributed by atoms with van der Waals surface area (Å²) in [7, 11) is 0. The van der Waals surface area contributed by atoms with Gasteiger partial charge >= 0.3 is 0 Å². The molecule has 2 heteroatoms. The minimum Gasteiger partial charge on any atom is -0.311 e. The Kier molecular flexibility index (Phi) is 6.29. The molecule has 0 radical (unpaired) electrons. The highest BCUT2D eigenvalue weighted by atomic mass is 15.1. The van der Waals surface area contributed by atoms with Crippen LogP contribution < -0.4 is 5.32 Å². The van der Waals surface area contributed by atoms with Gasteiger partial charge in [-0.05, 0) is 54.6 Å². The first-order chi connectivity index (χ1) is 15.3. The highest BCUT2D eigenvalue weighted by molar-refractivity contribution is 5.69. The first-order valence-electron chi connectivity index (χ1n) is 11.7. The Morgan fingerprint density at radius 2 is 1.45 bits per heavy atom. The molecule has 2 unspecified atom stereocenters. The molecule has 2 aliphatic rings. The number of hydrogen-bond donors (Lipinski definition) is 1. The van der Waals surface area contributed by atoms with Crippen LogP contribution in [0.4, 0.5) is 0 Å². The first kappa shape index (κ1) is 20.2. The van der Waals surface area contributed by atoms with Gasteiger partial charge in [-0.25, -0.2) is 0 Å². The Morgan fingerprint density at radius 3 is 2.23 bits per heavy atom. The third-order valence-electron chi connectivity index (χ3n) is 6.68. The summed E-state index contributed by atoms with van der Waals surface area (Å²) in [6.45, 7) is 3.42. The molecule has 3 aromatic carbocycles. The zero-order valence-corrected chi connectivity index (χ0v) is 18.2. The van der Waals surface area contributed by atoms with Gasteiger partial charge in [-0.2, -0.15) is 0 Å². The molecule has 1 N–H and O–H groups in total. The van der Waals surface area contributed by atoms with Gasteiger partial charge in [-0.15, -0.1) is 0 Å². The number of rotatable bonds is 7. The number of nitrogens with one attached hydrogen (secondary N) is 1. The van der Waals surface area contributed by atoms with Crippen molar-refractivity contribution < 1.29 is 0 Å². The second-order valence-electron chi connectivity index (χ2n) is 9.07. The van der Waals surface area contributed by atoms with Gasteiger partial charge in [0.05, 0.1) is 0 Å². The van der Waals surface area contributed by atoms with Gasteiger partial charge in [0.25, 0.3) is 0 Å². The van der Waals surface area contributed by atoms with Crippen LogP contribution in [-0.4, -0.2) is 30.1 Å². The highest BCUT2D eigenvalue weighted by Gasteiger charge is 2.39. The average Bonchev–Trinajstić information content (AvgIpc) is 3.60. The minimum atomic E-state index is 0.676. The SMILES string of the molecule is C(=Cc1cccc(CN2CCC(NC3CC3c3ccccc3)CC2)c1)c1ccccc1. The molecule has 0 bridgehead atoms. The number of likely N-dealkylation sites (tertiary alicyclic amines) is 1. The second kappa shape index (κ2) is 9.64. The van der Waals surface area contributed by atoms with Crippen LogP contribution in [0, 0.1) is 0 Å². The lowest BCUT2D eigenvalue weighted by Crippen LogP contribution is -2.43. The Bertz CT molecular complexity index is 988. The van der Waals surface area contributed by atoms with E-state index in [9.17, 15) is 0 Å². The van der Waals surface area contributed by atoms with E-state index in [0.717, 1.165) is 12.5 Å². The van der Waals surface area contributed by atoms with E-state index in [1.807, 2.05) is 0 Å². The molecule has 2 fully saturated rings. The van der Waals surface area contributed by atoms with Crippen LogP contribution in [0.3, 0.4) is 0 Å². The van der Waals surface area contributed by atoms with Gasteiger partial charge in [-0.3, -0.25) is 4.90 Å². The van der Waals surface area contributed by atoms with Crippen molar-refractivity contribution in [1.82, 2.24) is 10.2 Å². The zero-order valence-electron chi connectivity index (χ0n) is 18.2. The smallest absolute Gasteiger partial charge is 0.0233 e. The van der Waals surface area contributed by atoms with Crippen LogP contribution in [0.15, 0.2) is 84.9 Å². The van der Waals surface area contributed by atoms with Crippen molar-refractivity contribution in [3.8, 4) is 0 Å². The molecule has 2 atom stereocenters. The summed E-state index contributed by atoms with van der Waals surface area (Å²) >= 11 is 0. The number of hydrogen-bond acceptors (Lipinski definition) is 2. The molecule has 31 heavy (non-hydrogen) atoms. The number of benzene rings is 3. The normalized spacial score (nSPS) is 22.1. The predicted octanol–water partition coefficient (Wildman–Crippen LogP) is 5.97. The minimum absolute atomic E-state index is 0.676. The van der Waals surface area contributed by atoms with Crippen LogP contribution in [0.5, 0.6) is 0 Å². The Balaban J connectivity index is 1.09. The molecular weight excluding hydrogens is 376 g/mol. The molecule has 1 heterocycles. The van der Waals surface area contributed by atoms with Gasteiger partial charge in [0.1, 0.15) is 0 Å². The van der Waals surface area contributed by atoms with Gasteiger partial charge in [0.15, 0.2) is 0 Å². The summed E-state index contributed by atoms with van der Waals surface area (Å²) in [4.78, 5) is 2.61. The van der Waals surface area contributed by atoms with Gasteiger partial charge in [0.2, 0.25) is 0 Å². The molecule has 0 amide bonds. The lowest BCUT2D eigenvalue weighted by molar-refractivity contribution is 0.189. The second-order valence-corrected chi connectivity index (χ2v) is 9.07. The molecule has 2 nitrogen and oxygen atoms in total. The maximum absolute atomic E-state index is 3.93. The monoisotopic (exact) mass is 408 g/mol. The van der Waals surface area contributed by atoms with Crippen molar-refractivity contribution in [1.29, 1.82) is 0 Å². The Labute approximate surface area is 186 Å². The quantitative estimate of drug-likeness (QED) is 0.485. The maximum atomic E-state index is 3.93. The molecule has 1 saturated heterocycles. The summed E-state index contributed by atoms with van der Waals surface area (Å²) in [6.07, 6.45) is 8.22. The fourth-order valence-corrected chi connectivity index (χ4v) is 4.82. The van der Waals surface area contributed by atoms with Crippen molar-refractivity contribution in [3.63, 3.8) is 0 Å². The number of nitrogens with zero attached hydrogens (tertiary/aromatic N) is 1. The summed E-state index contributed by atoms with van der Waals surface area (Å²) in [5.41, 5.74) is 5.43. The Morgan fingerprint density at radius 1 is 0.774 bits per heavy atom. The van der Waals surface area contributed by atoms with Crippen molar-refractivity contribution in [2.24, 2.45) is 0 Å². The zero-order chi connectivity index (χ0) is 20.9. The predicted molar refractivity (Wildman–Crippen MR) is 131 cm³/mol. The van der Waals surface area contributed by atoms with E-state index in [2.05, 4.69) is 107 Å². The molecule has 158 valence electrons. The topological polar surface area (TPSA) is 15.3 Å². The standard InChI is InChI=1S/C29H32N2/c1-3-8-23(9-4-1)14-15-24-10-7-11-25(20-24)22-31-18-16-27(17-19-31)30-29-21-28(29)26-12-5-2-6-13-26/h1-15,20,27-30H,16-19,21-22H2. The van der Waals surface area contributed by atoms with Crippen molar-refractivity contribution in [2.45, 2.75) is 43.8 Å². The molecule has 3 aromatic rings. The first-order valence-corrected chi connectivity index (χ1v) is 11.7. The van der Waals surface area contributed by atoms with Gasteiger partial charge in [0, 0.05) is 24.5 Å². The van der Waals surface area contributed by atoms with E-state index in [1.54, 1.807) is 0 Å². The van der Waals surface area contributed by atoms with E-state index in [-0.39, 0.29) is 0 Å². The van der Waals surface area contributed by atoms with Crippen LogP contribution in [0.25, 0.3) is 12.2 Å². The highest BCUT2D eigenvalue weighted by Crippen LogP contribution is 2.41. The van der Waals surface area contributed by atoms with Gasteiger partial charge in [-0.1, -0.05) is 97.1 Å². The van der Waals surface area contributed by atoms with Gasteiger partial charge < -0.3 is 5.32 Å². The van der Waals surface area contributed by atoms with Crippen LogP contribution in [-0.2, 0) is 6.54 Å². The molecule has 0 spiro atoms. The molecule has 1 saturated carbocycles. The molecule has 1 aliphatic carbocycles. The molecule has 1 aliphatic heterocycles. The van der Waals surface area contributed by atoms with Crippen LogP contribution in [0.2, 0.25) is 0 Å². The fourth-order valence-electron chi connectivity index (χ4n) is 4.82. The van der Waals surface area contributed by atoms with Crippen LogP contribution in [0.1, 0.15) is 47.4 Å². The fraction of sp³-hybridized carbons (Fsp3) is 0.310. The number of piperidine rings is 1. The van der Waals surface area contributed by atoms with E-state index >= 15 is 0 Å². The van der Waals surface area contributed by atoms with E-state index in [0.29, 0.717) is 12.1 Å². The lowest BCUT2D eigenvalue weighted by atomic mass is 10.0. The molecular formula is C29H32N2. The molecule has 0 aromatic heterocycles. The maximum Gasteiger partial charge on any atom is 0.0233 e. The van der Waals surface area contributed by atoms with E-state index in [1.165, 1.54) is 54.6 Å².